The topological polar surface area (TPSA) is 49.4 Å². The Kier molecular flexibility index (Phi) is 5.27. The number of fused-ring (bicyclic) bond motifs is 1. The zero-order valence-electron chi connectivity index (χ0n) is 11.1. The molecule has 0 saturated heterocycles. The van der Waals surface area contributed by atoms with Crippen molar-refractivity contribution < 1.29 is 8.42 Å². The molecule has 0 aromatic carbocycles. The maximum atomic E-state index is 11.7. The summed E-state index contributed by atoms with van der Waals surface area (Å²) in [6.07, 6.45) is 3.45. The van der Waals surface area contributed by atoms with Gasteiger partial charge in [-0.3, -0.25) is 0 Å². The number of rotatable bonds is 5. The van der Waals surface area contributed by atoms with Crippen molar-refractivity contribution in [3.05, 3.63) is 19.4 Å². The third-order valence-corrected chi connectivity index (χ3v) is 7.19. The fourth-order valence-corrected chi connectivity index (χ4v) is 5.14. The highest BCUT2D eigenvalue weighted by Crippen LogP contribution is 2.36. The molecule has 0 aliphatic heterocycles. The zero-order valence-corrected chi connectivity index (χ0v) is 14.9. The summed E-state index contributed by atoms with van der Waals surface area (Å²) >= 11 is 4.22. The minimum Gasteiger partial charge on any atom is -0.309 e. The number of aryl methyl sites for hydroxylation is 1. The van der Waals surface area contributed by atoms with Crippen LogP contribution in [0.3, 0.4) is 0 Å². The van der Waals surface area contributed by atoms with E-state index in [0.717, 1.165) is 12.8 Å². The molecular formula is C12H19IN2O2S2. The van der Waals surface area contributed by atoms with Crippen molar-refractivity contribution in [1.29, 1.82) is 0 Å². The molecule has 1 heterocycles. The van der Waals surface area contributed by atoms with Crippen LogP contribution >= 0.6 is 33.9 Å². The second-order valence-corrected chi connectivity index (χ2v) is 10.3. The second kappa shape index (κ2) is 6.38. The molecule has 108 valence electrons. The Balaban J connectivity index is 1.95. The van der Waals surface area contributed by atoms with E-state index in [1.807, 2.05) is 11.3 Å². The van der Waals surface area contributed by atoms with E-state index in [2.05, 4.69) is 34.0 Å². The van der Waals surface area contributed by atoms with Crippen LogP contribution in [0.25, 0.3) is 0 Å². The maximum Gasteiger partial charge on any atom is 0.214 e. The fourth-order valence-electron chi connectivity index (χ4n) is 2.28. The standard InChI is InChI=1S/C12H19IN2O2S2/c1-15(2)19(16,17)7-6-14-10-4-3-5-11-9(10)8-12(13)18-11/h8,10,14H,3-7H2,1-2H3. The molecule has 1 atom stereocenters. The molecule has 7 heteroatoms. The Morgan fingerprint density at radius 2 is 2.26 bits per heavy atom. The first-order valence-electron chi connectivity index (χ1n) is 6.32. The van der Waals surface area contributed by atoms with Crippen LogP contribution in [-0.4, -0.2) is 39.1 Å². The molecule has 0 spiro atoms. The Labute approximate surface area is 132 Å². The van der Waals surface area contributed by atoms with Gasteiger partial charge in [0.25, 0.3) is 0 Å². The van der Waals surface area contributed by atoms with Crippen molar-refractivity contribution >= 4 is 44.0 Å². The fraction of sp³-hybridized carbons (Fsp3) is 0.667. The molecule has 1 unspecified atom stereocenters. The van der Waals surface area contributed by atoms with Crippen LogP contribution in [0.5, 0.6) is 0 Å². The van der Waals surface area contributed by atoms with E-state index in [-0.39, 0.29) is 5.75 Å². The Bertz CT molecular complexity index is 540. The maximum absolute atomic E-state index is 11.7. The predicted molar refractivity (Wildman–Crippen MR) is 88.2 cm³/mol. The lowest BCUT2D eigenvalue weighted by molar-refractivity contribution is 0.469. The van der Waals surface area contributed by atoms with Crippen LogP contribution in [0.1, 0.15) is 29.3 Å². The Morgan fingerprint density at radius 3 is 2.95 bits per heavy atom. The monoisotopic (exact) mass is 414 g/mol. The second-order valence-electron chi connectivity index (χ2n) is 4.93. The molecule has 0 saturated carbocycles. The average Bonchev–Trinajstić information content (AvgIpc) is 2.70. The molecule has 0 bridgehead atoms. The van der Waals surface area contributed by atoms with Crippen LogP contribution in [0, 0.1) is 2.88 Å². The van der Waals surface area contributed by atoms with Crippen LogP contribution in [0.4, 0.5) is 0 Å². The third-order valence-electron chi connectivity index (χ3n) is 3.39. The average molecular weight is 414 g/mol. The van der Waals surface area contributed by atoms with E-state index in [4.69, 9.17) is 0 Å². The van der Waals surface area contributed by atoms with E-state index in [1.54, 1.807) is 14.1 Å². The van der Waals surface area contributed by atoms with Crippen LogP contribution in [0.15, 0.2) is 6.07 Å². The molecule has 1 aromatic heterocycles. The lowest BCUT2D eigenvalue weighted by Crippen LogP contribution is -2.33. The number of nitrogens with zero attached hydrogens (tertiary/aromatic N) is 1. The largest absolute Gasteiger partial charge is 0.309 e. The van der Waals surface area contributed by atoms with E-state index >= 15 is 0 Å². The number of nitrogens with one attached hydrogen (secondary N) is 1. The number of thiophene rings is 1. The first-order valence-corrected chi connectivity index (χ1v) is 9.82. The van der Waals surface area contributed by atoms with Crippen molar-refractivity contribution in [2.75, 3.05) is 26.4 Å². The van der Waals surface area contributed by atoms with Crippen LogP contribution < -0.4 is 5.32 Å². The highest BCUT2D eigenvalue weighted by Gasteiger charge is 2.23. The van der Waals surface area contributed by atoms with Gasteiger partial charge in [-0.05, 0) is 53.5 Å². The summed E-state index contributed by atoms with van der Waals surface area (Å²) in [5.74, 6) is 0.160. The summed E-state index contributed by atoms with van der Waals surface area (Å²) in [4.78, 5) is 1.46. The molecule has 0 amide bonds. The van der Waals surface area contributed by atoms with Crippen molar-refractivity contribution in [2.24, 2.45) is 0 Å². The van der Waals surface area contributed by atoms with Crippen molar-refractivity contribution in [1.82, 2.24) is 9.62 Å². The van der Waals surface area contributed by atoms with Gasteiger partial charge in [0, 0.05) is 31.6 Å². The first-order chi connectivity index (χ1) is 8.90. The van der Waals surface area contributed by atoms with Crippen LogP contribution in [-0.2, 0) is 16.4 Å². The quantitative estimate of drug-likeness (QED) is 0.752. The molecule has 19 heavy (non-hydrogen) atoms. The molecule has 1 N–H and O–H groups in total. The highest BCUT2D eigenvalue weighted by atomic mass is 127. The Hall–Kier alpha value is 0.300. The molecule has 1 aromatic rings. The summed E-state index contributed by atoms with van der Waals surface area (Å²) in [5.41, 5.74) is 1.38. The summed E-state index contributed by atoms with van der Waals surface area (Å²) in [6, 6.07) is 2.55. The number of hydrogen-bond acceptors (Lipinski definition) is 4. The van der Waals surface area contributed by atoms with Gasteiger partial charge in [-0.1, -0.05) is 0 Å². The predicted octanol–water partition coefficient (Wildman–Crippen LogP) is 2.21. The van der Waals surface area contributed by atoms with Crippen molar-refractivity contribution in [2.45, 2.75) is 25.3 Å². The van der Waals surface area contributed by atoms with Gasteiger partial charge in [-0.15, -0.1) is 11.3 Å². The lowest BCUT2D eigenvalue weighted by Gasteiger charge is -2.24. The number of halogens is 1. The van der Waals surface area contributed by atoms with E-state index in [0.29, 0.717) is 12.6 Å². The summed E-state index contributed by atoms with van der Waals surface area (Å²) in [7, 11) is 0.0581. The van der Waals surface area contributed by atoms with Gasteiger partial charge in [0.15, 0.2) is 0 Å². The van der Waals surface area contributed by atoms with Gasteiger partial charge in [-0.25, -0.2) is 12.7 Å². The van der Waals surface area contributed by atoms with Gasteiger partial charge >= 0.3 is 0 Å². The van der Waals surface area contributed by atoms with E-state index < -0.39 is 10.0 Å². The third kappa shape index (κ3) is 3.90. The van der Waals surface area contributed by atoms with Crippen molar-refractivity contribution in [3.63, 3.8) is 0 Å². The highest BCUT2D eigenvalue weighted by molar-refractivity contribution is 14.1. The normalized spacial score (nSPS) is 19.7. The molecule has 1 aliphatic carbocycles. The molecule has 0 fully saturated rings. The van der Waals surface area contributed by atoms with Crippen molar-refractivity contribution in [3.8, 4) is 0 Å². The zero-order chi connectivity index (χ0) is 14.0. The van der Waals surface area contributed by atoms with E-state index in [9.17, 15) is 8.42 Å². The SMILES string of the molecule is CN(C)S(=O)(=O)CCNC1CCCc2sc(I)cc21. The lowest BCUT2D eigenvalue weighted by atomic mass is 9.94. The Morgan fingerprint density at radius 1 is 1.53 bits per heavy atom. The molecule has 4 nitrogen and oxygen atoms in total. The van der Waals surface area contributed by atoms with Gasteiger partial charge in [0.2, 0.25) is 10.0 Å². The van der Waals surface area contributed by atoms with Gasteiger partial charge in [0.05, 0.1) is 8.64 Å². The number of sulfonamides is 1. The minimum atomic E-state index is -3.10. The van der Waals surface area contributed by atoms with E-state index in [1.165, 1.54) is 24.1 Å². The van der Waals surface area contributed by atoms with Crippen LogP contribution in [0.2, 0.25) is 0 Å². The summed E-state index contributed by atoms with van der Waals surface area (Å²) in [6.45, 7) is 0.511. The minimum absolute atomic E-state index is 0.160. The summed E-state index contributed by atoms with van der Waals surface area (Å²) < 4.78 is 26.0. The number of hydrogen-bond donors (Lipinski definition) is 1. The van der Waals surface area contributed by atoms with Gasteiger partial charge in [0.1, 0.15) is 0 Å². The molecule has 2 rings (SSSR count). The molecule has 0 radical (unpaired) electrons. The molecular weight excluding hydrogens is 395 g/mol. The van der Waals surface area contributed by atoms with Gasteiger partial charge in [-0.2, -0.15) is 0 Å². The van der Waals surface area contributed by atoms with Gasteiger partial charge < -0.3 is 5.32 Å². The smallest absolute Gasteiger partial charge is 0.214 e. The summed E-state index contributed by atoms with van der Waals surface area (Å²) in [5, 5.41) is 3.40. The first kappa shape index (κ1) is 15.7. The molecule has 1 aliphatic rings.